The van der Waals surface area contributed by atoms with Crippen LogP contribution < -0.4 is 5.32 Å². The topological polar surface area (TPSA) is 56.5 Å². The monoisotopic (exact) mass is 240 g/mol. The summed E-state index contributed by atoms with van der Waals surface area (Å²) in [6, 6.07) is 0. The molecule has 1 N–H and O–H groups in total. The molecular weight excluding hydrogens is 220 g/mol. The molecule has 1 aliphatic heterocycles. The Kier molecular flexibility index (Phi) is 4.15. The van der Waals surface area contributed by atoms with Crippen molar-refractivity contribution in [3.05, 3.63) is 17.3 Å². The highest BCUT2D eigenvalue weighted by Gasteiger charge is 2.18. The number of aromatic nitrogens is 1. The van der Waals surface area contributed by atoms with Gasteiger partial charge in [0.05, 0.1) is 24.5 Å². The second-order valence-corrected chi connectivity index (χ2v) is 4.49. The van der Waals surface area contributed by atoms with E-state index < -0.39 is 0 Å². The Balaban J connectivity index is 1.72. The van der Waals surface area contributed by atoms with Crippen LogP contribution in [0.3, 0.4) is 0 Å². The summed E-state index contributed by atoms with van der Waals surface area (Å²) in [6.07, 6.45) is 0.375. The van der Waals surface area contributed by atoms with Gasteiger partial charge in [-0.05, 0) is 20.8 Å². The van der Waals surface area contributed by atoms with Crippen molar-refractivity contribution >= 4 is 0 Å². The van der Waals surface area contributed by atoms with Gasteiger partial charge in [0.15, 0.2) is 0 Å². The third kappa shape index (κ3) is 3.52. The third-order valence-corrected chi connectivity index (χ3v) is 2.83. The lowest BCUT2D eigenvalue weighted by molar-refractivity contribution is -0.0738. The number of hydrogen-bond acceptors (Lipinski definition) is 5. The van der Waals surface area contributed by atoms with Crippen LogP contribution in [0.25, 0.3) is 0 Å². The van der Waals surface area contributed by atoms with E-state index in [1.807, 2.05) is 13.8 Å². The zero-order chi connectivity index (χ0) is 12.3. The quantitative estimate of drug-likeness (QED) is 0.856. The Bertz CT molecular complexity index is 345. The van der Waals surface area contributed by atoms with Gasteiger partial charge in [-0.3, -0.25) is 0 Å². The van der Waals surface area contributed by atoms with Crippen molar-refractivity contribution in [2.24, 2.45) is 0 Å². The highest BCUT2D eigenvalue weighted by atomic mass is 16.5. The number of nitrogens with one attached hydrogen (secondary N) is 1. The van der Waals surface area contributed by atoms with E-state index >= 15 is 0 Å². The first-order valence-electron chi connectivity index (χ1n) is 6.02. The molecule has 5 heteroatoms. The molecule has 1 saturated heterocycles. The number of aryl methyl sites for hydroxylation is 2. The Morgan fingerprint density at radius 3 is 2.88 bits per heavy atom. The first-order valence-corrected chi connectivity index (χ1v) is 6.02. The fourth-order valence-corrected chi connectivity index (χ4v) is 1.85. The predicted octanol–water partition coefficient (Wildman–Crippen LogP) is 1.18. The van der Waals surface area contributed by atoms with Crippen LogP contribution in [0.15, 0.2) is 4.42 Å². The zero-order valence-corrected chi connectivity index (χ0v) is 10.7. The minimum Gasteiger partial charge on any atom is -0.443 e. The molecule has 96 valence electrons. The lowest BCUT2D eigenvalue weighted by Gasteiger charge is -2.28. The van der Waals surface area contributed by atoms with Gasteiger partial charge in [-0.1, -0.05) is 0 Å². The maximum absolute atomic E-state index is 5.71. The molecule has 2 rings (SSSR count). The molecule has 17 heavy (non-hydrogen) atoms. The van der Waals surface area contributed by atoms with Crippen molar-refractivity contribution < 1.29 is 13.9 Å². The molecule has 0 amide bonds. The summed E-state index contributed by atoms with van der Waals surface area (Å²) in [5.74, 6) is 1.49. The summed E-state index contributed by atoms with van der Waals surface area (Å²) >= 11 is 0. The van der Waals surface area contributed by atoms with E-state index in [1.54, 1.807) is 0 Å². The Morgan fingerprint density at radius 2 is 2.24 bits per heavy atom. The summed E-state index contributed by atoms with van der Waals surface area (Å²) in [5.41, 5.74) is 0.924. The van der Waals surface area contributed by atoms with Crippen LogP contribution in [-0.4, -0.2) is 36.9 Å². The molecule has 2 unspecified atom stereocenters. The van der Waals surface area contributed by atoms with Crippen LogP contribution in [0.5, 0.6) is 0 Å². The van der Waals surface area contributed by atoms with Crippen molar-refractivity contribution in [1.29, 1.82) is 0 Å². The van der Waals surface area contributed by atoms with Crippen LogP contribution in [0.2, 0.25) is 0 Å². The van der Waals surface area contributed by atoms with Crippen LogP contribution in [0, 0.1) is 13.8 Å². The Morgan fingerprint density at radius 1 is 1.41 bits per heavy atom. The fraction of sp³-hybridized carbons (Fsp3) is 0.750. The van der Waals surface area contributed by atoms with E-state index in [4.69, 9.17) is 13.9 Å². The zero-order valence-electron chi connectivity index (χ0n) is 10.7. The van der Waals surface area contributed by atoms with E-state index in [1.165, 1.54) is 0 Å². The summed E-state index contributed by atoms with van der Waals surface area (Å²) in [7, 11) is 0. The average molecular weight is 240 g/mol. The minimum absolute atomic E-state index is 0.121. The first-order chi connectivity index (χ1) is 8.15. The number of rotatable bonds is 4. The Labute approximate surface area is 102 Å². The van der Waals surface area contributed by atoms with Crippen LogP contribution >= 0.6 is 0 Å². The van der Waals surface area contributed by atoms with Gasteiger partial charge in [0.2, 0.25) is 5.89 Å². The molecule has 1 aromatic heterocycles. The maximum atomic E-state index is 5.71. The third-order valence-electron chi connectivity index (χ3n) is 2.83. The number of nitrogens with zero attached hydrogens (tertiary/aromatic N) is 1. The number of morpholine rings is 1. The van der Waals surface area contributed by atoms with Gasteiger partial charge in [-0.15, -0.1) is 0 Å². The van der Waals surface area contributed by atoms with E-state index in [0.29, 0.717) is 19.1 Å². The van der Waals surface area contributed by atoms with Gasteiger partial charge in [0.1, 0.15) is 12.4 Å². The molecule has 0 saturated carbocycles. The molecule has 0 aromatic carbocycles. The maximum Gasteiger partial charge on any atom is 0.220 e. The molecule has 0 aliphatic carbocycles. The van der Waals surface area contributed by atoms with Crippen molar-refractivity contribution in [2.45, 2.75) is 39.6 Å². The molecule has 0 bridgehead atoms. The summed E-state index contributed by atoms with van der Waals surface area (Å²) in [6.45, 7) is 8.61. The average Bonchev–Trinajstić information content (AvgIpc) is 2.58. The van der Waals surface area contributed by atoms with E-state index in [0.717, 1.165) is 24.5 Å². The van der Waals surface area contributed by atoms with E-state index in [2.05, 4.69) is 17.2 Å². The summed E-state index contributed by atoms with van der Waals surface area (Å²) in [5, 5.41) is 3.30. The van der Waals surface area contributed by atoms with Gasteiger partial charge in [0, 0.05) is 13.1 Å². The minimum atomic E-state index is 0.121. The number of hydrogen-bond donors (Lipinski definition) is 1. The highest BCUT2D eigenvalue weighted by Crippen LogP contribution is 2.10. The SMILES string of the molecule is Cc1nc(COCC2CNCC(C)O2)oc1C. The standard InChI is InChI=1S/C12H20N2O3/c1-8-4-13-5-11(16-8)6-15-7-12-14-9(2)10(3)17-12/h8,11,13H,4-7H2,1-3H3. The molecule has 0 radical (unpaired) electrons. The van der Waals surface area contributed by atoms with Crippen LogP contribution in [0.1, 0.15) is 24.3 Å². The number of ether oxygens (including phenoxy) is 2. The van der Waals surface area contributed by atoms with Crippen molar-refractivity contribution in [1.82, 2.24) is 10.3 Å². The highest BCUT2D eigenvalue weighted by molar-refractivity contribution is 5.04. The largest absolute Gasteiger partial charge is 0.443 e. The number of oxazole rings is 1. The first kappa shape index (κ1) is 12.5. The summed E-state index contributed by atoms with van der Waals surface area (Å²) < 4.78 is 16.7. The van der Waals surface area contributed by atoms with Gasteiger partial charge >= 0.3 is 0 Å². The van der Waals surface area contributed by atoms with E-state index in [9.17, 15) is 0 Å². The Hall–Kier alpha value is -0.910. The van der Waals surface area contributed by atoms with Crippen molar-refractivity contribution in [2.75, 3.05) is 19.7 Å². The molecular formula is C12H20N2O3. The van der Waals surface area contributed by atoms with Gasteiger partial charge in [0.25, 0.3) is 0 Å². The van der Waals surface area contributed by atoms with Crippen molar-refractivity contribution in [3.63, 3.8) is 0 Å². The fourth-order valence-electron chi connectivity index (χ4n) is 1.85. The molecule has 2 atom stereocenters. The van der Waals surface area contributed by atoms with Gasteiger partial charge in [-0.2, -0.15) is 0 Å². The molecule has 1 aromatic rings. The van der Waals surface area contributed by atoms with Crippen LogP contribution in [-0.2, 0) is 16.1 Å². The lowest BCUT2D eigenvalue weighted by atomic mass is 10.2. The molecule has 5 nitrogen and oxygen atoms in total. The van der Waals surface area contributed by atoms with Gasteiger partial charge < -0.3 is 19.2 Å². The second kappa shape index (κ2) is 5.62. The van der Waals surface area contributed by atoms with Gasteiger partial charge in [-0.25, -0.2) is 4.98 Å². The second-order valence-electron chi connectivity index (χ2n) is 4.49. The van der Waals surface area contributed by atoms with Crippen molar-refractivity contribution in [3.8, 4) is 0 Å². The van der Waals surface area contributed by atoms with E-state index in [-0.39, 0.29) is 12.2 Å². The van der Waals surface area contributed by atoms with Crippen LogP contribution in [0.4, 0.5) is 0 Å². The predicted molar refractivity (Wildman–Crippen MR) is 62.8 cm³/mol. The molecule has 1 fully saturated rings. The molecule has 0 spiro atoms. The molecule has 1 aliphatic rings. The lowest BCUT2D eigenvalue weighted by Crippen LogP contribution is -2.45. The molecule has 2 heterocycles. The normalized spacial score (nSPS) is 25.1. The smallest absolute Gasteiger partial charge is 0.220 e. The summed E-state index contributed by atoms with van der Waals surface area (Å²) in [4.78, 5) is 4.26.